The maximum Gasteiger partial charge on any atom is 0.358 e. The summed E-state index contributed by atoms with van der Waals surface area (Å²) in [5.74, 6) is -2.60. The summed E-state index contributed by atoms with van der Waals surface area (Å²) in [6, 6.07) is 3.05. The fourth-order valence-corrected chi connectivity index (χ4v) is 1.36. The quantitative estimate of drug-likeness (QED) is 0.876. The maximum atomic E-state index is 12.9. The molecule has 0 aliphatic carbocycles. The number of carboxylic acid groups (broad SMARTS) is 1. The highest BCUT2D eigenvalue weighted by Crippen LogP contribution is 2.09. The molecule has 1 heterocycles. The van der Waals surface area contributed by atoms with Crippen LogP contribution in [0.3, 0.4) is 0 Å². The molecule has 7 heteroatoms. The molecule has 5 nitrogen and oxygen atoms in total. The Morgan fingerprint density at radius 1 is 1.29 bits per heavy atom. The number of nitrogens with zero attached hydrogens (tertiary/aromatic N) is 3. The summed E-state index contributed by atoms with van der Waals surface area (Å²) in [7, 11) is 0. The van der Waals surface area contributed by atoms with Crippen LogP contribution in [0.4, 0.5) is 8.78 Å². The predicted molar refractivity (Wildman–Crippen MR) is 52.4 cm³/mol. The molecule has 0 unspecified atom stereocenters. The maximum absolute atomic E-state index is 12.9. The van der Waals surface area contributed by atoms with Crippen molar-refractivity contribution in [3.63, 3.8) is 0 Å². The molecule has 88 valence electrons. The van der Waals surface area contributed by atoms with Crippen LogP contribution in [-0.2, 0) is 6.54 Å². The van der Waals surface area contributed by atoms with Gasteiger partial charge in [-0.2, -0.15) is 0 Å². The Labute approximate surface area is 94.3 Å². The SMILES string of the molecule is O=C(O)c1cn(Cc2cc(F)cc(F)c2)nn1. The molecule has 0 aliphatic heterocycles. The van der Waals surface area contributed by atoms with Crippen molar-refractivity contribution in [1.29, 1.82) is 0 Å². The first kappa shape index (κ1) is 11.2. The predicted octanol–water partition coefficient (Wildman–Crippen LogP) is 1.30. The molecule has 0 saturated heterocycles. The van der Waals surface area contributed by atoms with Crippen molar-refractivity contribution in [1.82, 2.24) is 15.0 Å². The van der Waals surface area contributed by atoms with E-state index in [2.05, 4.69) is 10.3 Å². The third-order valence-electron chi connectivity index (χ3n) is 2.02. The van der Waals surface area contributed by atoms with Gasteiger partial charge in [0.2, 0.25) is 0 Å². The van der Waals surface area contributed by atoms with Crippen LogP contribution in [0.15, 0.2) is 24.4 Å². The van der Waals surface area contributed by atoms with Crippen LogP contribution in [0.2, 0.25) is 0 Å². The van der Waals surface area contributed by atoms with Gasteiger partial charge in [-0.1, -0.05) is 5.21 Å². The van der Waals surface area contributed by atoms with Crippen LogP contribution in [0.5, 0.6) is 0 Å². The fourth-order valence-electron chi connectivity index (χ4n) is 1.36. The summed E-state index contributed by atoms with van der Waals surface area (Å²) in [5.41, 5.74) is 0.117. The number of aromatic nitrogens is 3. The highest BCUT2D eigenvalue weighted by molar-refractivity contribution is 5.84. The zero-order valence-electron chi connectivity index (χ0n) is 8.47. The van der Waals surface area contributed by atoms with Crippen LogP contribution < -0.4 is 0 Å². The average Bonchev–Trinajstić information content (AvgIpc) is 2.64. The molecule has 0 fully saturated rings. The summed E-state index contributed by atoms with van der Waals surface area (Å²) < 4.78 is 27.0. The molecule has 17 heavy (non-hydrogen) atoms. The molecule has 0 aliphatic rings. The van der Waals surface area contributed by atoms with E-state index in [4.69, 9.17) is 5.11 Å². The molecule has 1 aromatic heterocycles. The normalized spacial score (nSPS) is 10.5. The van der Waals surface area contributed by atoms with Crippen LogP contribution >= 0.6 is 0 Å². The second kappa shape index (κ2) is 4.28. The monoisotopic (exact) mass is 239 g/mol. The number of rotatable bonds is 3. The Morgan fingerprint density at radius 3 is 2.47 bits per heavy atom. The lowest BCUT2D eigenvalue weighted by molar-refractivity contribution is 0.0690. The van der Waals surface area contributed by atoms with Gasteiger partial charge in [-0.05, 0) is 17.7 Å². The lowest BCUT2D eigenvalue weighted by Gasteiger charge is -2.01. The first-order chi connectivity index (χ1) is 8.04. The number of carboxylic acids is 1. The van der Waals surface area contributed by atoms with Gasteiger partial charge in [0.1, 0.15) is 11.6 Å². The van der Waals surface area contributed by atoms with Gasteiger partial charge in [0, 0.05) is 6.07 Å². The van der Waals surface area contributed by atoms with E-state index in [1.54, 1.807) is 0 Å². The summed E-state index contributed by atoms with van der Waals surface area (Å²) in [5, 5.41) is 15.5. The molecule has 1 N–H and O–H groups in total. The standard InChI is InChI=1S/C10H7F2N3O2/c11-7-1-6(2-8(12)3-7)4-15-5-9(10(16)17)13-14-15/h1-3,5H,4H2,(H,16,17). The van der Waals surface area contributed by atoms with Gasteiger partial charge in [-0.25, -0.2) is 18.3 Å². The molecule has 1 aromatic carbocycles. The van der Waals surface area contributed by atoms with E-state index in [-0.39, 0.29) is 12.2 Å². The zero-order valence-corrected chi connectivity index (χ0v) is 8.47. The number of hydrogen-bond donors (Lipinski definition) is 1. The smallest absolute Gasteiger partial charge is 0.358 e. The van der Waals surface area contributed by atoms with E-state index < -0.39 is 17.6 Å². The Hall–Kier alpha value is -2.31. The average molecular weight is 239 g/mol. The third kappa shape index (κ3) is 2.63. The van der Waals surface area contributed by atoms with E-state index >= 15 is 0 Å². The van der Waals surface area contributed by atoms with Gasteiger partial charge in [-0.3, -0.25) is 0 Å². The molecule has 0 radical (unpaired) electrons. The third-order valence-corrected chi connectivity index (χ3v) is 2.02. The number of benzene rings is 1. The van der Waals surface area contributed by atoms with Gasteiger partial charge < -0.3 is 5.11 Å². The number of aromatic carboxylic acids is 1. The number of hydrogen-bond acceptors (Lipinski definition) is 3. The highest BCUT2D eigenvalue weighted by atomic mass is 19.1. The van der Waals surface area contributed by atoms with Crippen LogP contribution in [0, 0.1) is 11.6 Å². The molecular weight excluding hydrogens is 232 g/mol. The van der Waals surface area contributed by atoms with Crippen molar-refractivity contribution in [3.05, 3.63) is 47.3 Å². The fraction of sp³-hybridized carbons (Fsp3) is 0.100. The van der Waals surface area contributed by atoms with Crippen molar-refractivity contribution < 1.29 is 18.7 Å². The molecule has 2 aromatic rings. The van der Waals surface area contributed by atoms with Crippen molar-refractivity contribution in [3.8, 4) is 0 Å². The zero-order chi connectivity index (χ0) is 12.4. The van der Waals surface area contributed by atoms with Gasteiger partial charge in [0.25, 0.3) is 0 Å². The first-order valence-corrected chi connectivity index (χ1v) is 4.63. The van der Waals surface area contributed by atoms with Crippen molar-refractivity contribution >= 4 is 5.97 Å². The van der Waals surface area contributed by atoms with Crippen molar-refractivity contribution in [2.24, 2.45) is 0 Å². The Kier molecular flexibility index (Phi) is 2.82. The molecule has 0 atom stereocenters. The lowest BCUT2D eigenvalue weighted by Crippen LogP contribution is -2.01. The van der Waals surface area contributed by atoms with Crippen LogP contribution in [0.25, 0.3) is 0 Å². The van der Waals surface area contributed by atoms with Crippen LogP contribution in [-0.4, -0.2) is 26.1 Å². The molecular formula is C10H7F2N3O2. The minimum atomic E-state index is -1.21. The second-order valence-electron chi connectivity index (χ2n) is 3.38. The van der Waals surface area contributed by atoms with E-state index in [0.29, 0.717) is 5.56 Å². The summed E-state index contributed by atoms with van der Waals surface area (Å²) in [6.45, 7) is 0.0506. The van der Waals surface area contributed by atoms with Gasteiger partial charge in [-0.15, -0.1) is 5.10 Å². The van der Waals surface area contributed by atoms with Crippen molar-refractivity contribution in [2.45, 2.75) is 6.54 Å². The second-order valence-corrected chi connectivity index (χ2v) is 3.38. The summed E-state index contributed by atoms with van der Waals surface area (Å²) >= 11 is 0. The van der Waals surface area contributed by atoms with Crippen molar-refractivity contribution in [2.75, 3.05) is 0 Å². The number of halogens is 2. The number of carbonyl (C=O) groups is 1. The molecule has 2 rings (SSSR count). The van der Waals surface area contributed by atoms with Gasteiger partial charge in [0.05, 0.1) is 12.7 Å². The van der Waals surface area contributed by atoms with Gasteiger partial charge >= 0.3 is 5.97 Å². The highest BCUT2D eigenvalue weighted by Gasteiger charge is 2.09. The molecule has 0 amide bonds. The Bertz CT molecular complexity index is 548. The minimum Gasteiger partial charge on any atom is -0.476 e. The van der Waals surface area contributed by atoms with Crippen LogP contribution in [0.1, 0.15) is 16.1 Å². The first-order valence-electron chi connectivity index (χ1n) is 4.63. The Morgan fingerprint density at radius 2 is 1.94 bits per heavy atom. The minimum absolute atomic E-state index is 0.0506. The summed E-state index contributed by atoms with van der Waals surface area (Å²) in [4.78, 5) is 10.5. The van der Waals surface area contributed by atoms with Gasteiger partial charge in [0.15, 0.2) is 5.69 Å². The molecule has 0 bridgehead atoms. The summed E-state index contributed by atoms with van der Waals surface area (Å²) in [6.07, 6.45) is 1.19. The molecule has 0 spiro atoms. The van der Waals surface area contributed by atoms with E-state index in [1.807, 2.05) is 0 Å². The Balaban J connectivity index is 2.22. The molecule has 0 saturated carbocycles. The van der Waals surface area contributed by atoms with E-state index in [0.717, 1.165) is 18.2 Å². The lowest BCUT2D eigenvalue weighted by atomic mass is 10.2. The topological polar surface area (TPSA) is 68.0 Å². The van der Waals surface area contributed by atoms with E-state index in [9.17, 15) is 13.6 Å². The van der Waals surface area contributed by atoms with E-state index in [1.165, 1.54) is 10.9 Å². The largest absolute Gasteiger partial charge is 0.476 e.